The number of rotatable bonds is 1. The van der Waals surface area contributed by atoms with E-state index in [1.165, 1.54) is 5.56 Å². The summed E-state index contributed by atoms with van der Waals surface area (Å²) in [5.41, 5.74) is 3.45. The number of hydrogen-bond donors (Lipinski definition) is 1. The minimum absolute atomic E-state index is 0.0608. The zero-order chi connectivity index (χ0) is 18.7. The number of hydrogen-bond acceptors (Lipinski definition) is 3. The van der Waals surface area contributed by atoms with Crippen molar-refractivity contribution in [3.63, 3.8) is 0 Å². The van der Waals surface area contributed by atoms with Crippen molar-refractivity contribution in [2.45, 2.75) is 12.3 Å². The molecule has 2 aliphatic rings. The standard InChI is InChI=1S/C22H16Br2O3/c23-14-5-12(6-15(24)8-14)20-17-4-2-11-1-3-16(25)9-18(11)19(17)7-13-10-27-22(26)21(13)20/h1-6,8-9,13,20-21,25H,7,10H2. The normalized spacial score (nSPS) is 23.8. The highest BCUT2D eigenvalue weighted by atomic mass is 79.9. The minimum atomic E-state index is -0.173. The molecule has 1 fully saturated rings. The second kappa shape index (κ2) is 6.35. The van der Waals surface area contributed by atoms with Crippen molar-refractivity contribution in [3.05, 3.63) is 74.2 Å². The molecule has 3 aromatic rings. The molecular weight excluding hydrogens is 472 g/mol. The third kappa shape index (κ3) is 2.79. The SMILES string of the molecule is O=C1OCC2Cc3c(ccc4ccc(O)cc34)C(c3cc(Br)cc(Br)c3)C12. The topological polar surface area (TPSA) is 46.5 Å². The van der Waals surface area contributed by atoms with Crippen LogP contribution in [0.15, 0.2) is 57.5 Å². The molecule has 1 saturated heterocycles. The van der Waals surface area contributed by atoms with E-state index >= 15 is 0 Å². The van der Waals surface area contributed by atoms with E-state index in [0.29, 0.717) is 6.61 Å². The molecule has 0 amide bonds. The van der Waals surface area contributed by atoms with Gasteiger partial charge in [0.15, 0.2) is 0 Å². The molecule has 1 heterocycles. The number of esters is 1. The van der Waals surface area contributed by atoms with Gasteiger partial charge in [0.05, 0.1) is 12.5 Å². The van der Waals surface area contributed by atoms with Crippen LogP contribution in [-0.4, -0.2) is 17.7 Å². The number of halogens is 2. The van der Waals surface area contributed by atoms with E-state index < -0.39 is 0 Å². The van der Waals surface area contributed by atoms with Crippen LogP contribution in [0.25, 0.3) is 10.8 Å². The Morgan fingerprint density at radius 2 is 1.74 bits per heavy atom. The molecule has 3 nitrogen and oxygen atoms in total. The Morgan fingerprint density at radius 1 is 1.00 bits per heavy atom. The molecule has 3 aromatic carbocycles. The summed E-state index contributed by atoms with van der Waals surface area (Å²) in [6.45, 7) is 0.462. The predicted molar refractivity (Wildman–Crippen MR) is 111 cm³/mol. The molecule has 3 atom stereocenters. The van der Waals surface area contributed by atoms with Gasteiger partial charge in [0.25, 0.3) is 0 Å². The molecule has 0 aromatic heterocycles. The lowest BCUT2D eigenvalue weighted by atomic mass is 9.67. The van der Waals surface area contributed by atoms with Crippen molar-refractivity contribution in [3.8, 4) is 5.75 Å². The maximum absolute atomic E-state index is 12.6. The molecule has 5 rings (SSSR count). The molecule has 1 aliphatic carbocycles. The summed E-state index contributed by atoms with van der Waals surface area (Å²) in [6, 6.07) is 15.9. The zero-order valence-electron chi connectivity index (χ0n) is 14.3. The number of carbonyl (C=O) groups excluding carboxylic acids is 1. The van der Waals surface area contributed by atoms with Crippen LogP contribution in [0.5, 0.6) is 5.75 Å². The lowest BCUT2D eigenvalue weighted by molar-refractivity contribution is -0.141. The van der Waals surface area contributed by atoms with Gasteiger partial charge in [-0.15, -0.1) is 0 Å². The van der Waals surface area contributed by atoms with Gasteiger partial charge in [-0.25, -0.2) is 0 Å². The number of ether oxygens (including phenoxy) is 1. The van der Waals surface area contributed by atoms with Crippen LogP contribution in [0.4, 0.5) is 0 Å². The lowest BCUT2D eigenvalue weighted by Crippen LogP contribution is -2.31. The van der Waals surface area contributed by atoms with Gasteiger partial charge in [0.1, 0.15) is 5.75 Å². The Kier molecular flexibility index (Phi) is 4.06. The van der Waals surface area contributed by atoms with Crippen LogP contribution in [0.2, 0.25) is 0 Å². The second-order valence-corrected chi connectivity index (χ2v) is 9.17. The first-order valence-electron chi connectivity index (χ1n) is 8.88. The number of benzene rings is 3. The molecule has 27 heavy (non-hydrogen) atoms. The molecule has 0 bridgehead atoms. The fourth-order valence-electron chi connectivity index (χ4n) is 4.68. The van der Waals surface area contributed by atoms with Gasteiger partial charge in [-0.1, -0.05) is 50.1 Å². The van der Waals surface area contributed by atoms with Crippen molar-refractivity contribution in [2.24, 2.45) is 11.8 Å². The molecule has 3 unspecified atom stereocenters. The van der Waals surface area contributed by atoms with Crippen molar-refractivity contribution in [1.29, 1.82) is 0 Å². The van der Waals surface area contributed by atoms with Crippen LogP contribution in [-0.2, 0) is 16.0 Å². The van der Waals surface area contributed by atoms with E-state index in [9.17, 15) is 9.90 Å². The van der Waals surface area contributed by atoms with Crippen molar-refractivity contribution >= 4 is 48.6 Å². The average Bonchev–Trinajstić information content (AvgIpc) is 2.99. The predicted octanol–water partition coefficient (Wildman–Crippen LogP) is 5.55. The largest absolute Gasteiger partial charge is 0.508 e. The van der Waals surface area contributed by atoms with Crippen LogP contribution >= 0.6 is 31.9 Å². The summed E-state index contributed by atoms with van der Waals surface area (Å²) < 4.78 is 7.41. The van der Waals surface area contributed by atoms with Crippen LogP contribution < -0.4 is 0 Å². The van der Waals surface area contributed by atoms with Crippen molar-refractivity contribution in [1.82, 2.24) is 0 Å². The van der Waals surface area contributed by atoms with Crippen molar-refractivity contribution in [2.75, 3.05) is 6.61 Å². The monoisotopic (exact) mass is 486 g/mol. The Balaban J connectivity index is 1.79. The van der Waals surface area contributed by atoms with Crippen LogP contribution in [0.1, 0.15) is 22.6 Å². The van der Waals surface area contributed by atoms with Gasteiger partial charge >= 0.3 is 5.97 Å². The highest BCUT2D eigenvalue weighted by molar-refractivity contribution is 9.11. The zero-order valence-corrected chi connectivity index (χ0v) is 17.5. The van der Waals surface area contributed by atoms with Crippen LogP contribution in [0, 0.1) is 11.8 Å². The number of carbonyl (C=O) groups is 1. The fourth-order valence-corrected chi connectivity index (χ4v) is 6.01. The van der Waals surface area contributed by atoms with E-state index in [-0.39, 0.29) is 29.5 Å². The van der Waals surface area contributed by atoms with Crippen molar-refractivity contribution < 1.29 is 14.6 Å². The molecule has 5 heteroatoms. The van der Waals surface area contributed by atoms with Gasteiger partial charge < -0.3 is 9.84 Å². The molecule has 0 spiro atoms. The summed E-state index contributed by atoms with van der Waals surface area (Å²) in [5, 5.41) is 12.2. The number of phenols is 1. The van der Waals surface area contributed by atoms with Gasteiger partial charge in [0.2, 0.25) is 0 Å². The third-order valence-electron chi connectivity index (χ3n) is 5.78. The third-order valence-corrected chi connectivity index (χ3v) is 6.69. The lowest BCUT2D eigenvalue weighted by Gasteiger charge is -2.34. The van der Waals surface area contributed by atoms with Crippen LogP contribution in [0.3, 0.4) is 0 Å². The number of cyclic esters (lactones) is 1. The molecule has 136 valence electrons. The summed E-state index contributed by atoms with van der Waals surface area (Å²) >= 11 is 7.15. The average molecular weight is 488 g/mol. The summed E-state index contributed by atoms with van der Waals surface area (Å²) in [4.78, 5) is 12.6. The molecule has 1 aliphatic heterocycles. The first-order valence-corrected chi connectivity index (χ1v) is 10.5. The number of fused-ring (bicyclic) bond motifs is 4. The Hall–Kier alpha value is -1.85. The van der Waals surface area contributed by atoms with Gasteiger partial charge in [-0.05, 0) is 64.2 Å². The Labute approximate surface area is 173 Å². The highest BCUT2D eigenvalue weighted by Gasteiger charge is 2.47. The highest BCUT2D eigenvalue weighted by Crippen LogP contribution is 2.49. The first kappa shape index (κ1) is 17.3. The Morgan fingerprint density at radius 3 is 2.52 bits per heavy atom. The number of phenolic OH excluding ortho intramolecular Hbond substituents is 1. The molecular formula is C22H16Br2O3. The van der Waals surface area contributed by atoms with E-state index in [0.717, 1.165) is 37.3 Å². The summed E-state index contributed by atoms with van der Waals surface area (Å²) in [6.07, 6.45) is 0.790. The maximum atomic E-state index is 12.6. The molecule has 1 N–H and O–H groups in total. The van der Waals surface area contributed by atoms with Gasteiger partial charge in [0, 0.05) is 20.8 Å². The van der Waals surface area contributed by atoms with E-state index in [2.05, 4.69) is 56.1 Å². The second-order valence-electron chi connectivity index (χ2n) is 7.34. The Bertz CT molecular complexity index is 1070. The minimum Gasteiger partial charge on any atom is -0.508 e. The smallest absolute Gasteiger partial charge is 0.310 e. The first-order chi connectivity index (χ1) is 13.0. The summed E-state index contributed by atoms with van der Waals surface area (Å²) in [5.74, 6) is 0.0738. The van der Waals surface area contributed by atoms with Gasteiger partial charge in [-0.3, -0.25) is 4.79 Å². The van der Waals surface area contributed by atoms with E-state index in [1.807, 2.05) is 18.2 Å². The number of aromatic hydroxyl groups is 1. The van der Waals surface area contributed by atoms with Gasteiger partial charge in [-0.2, -0.15) is 0 Å². The fraction of sp³-hybridized carbons (Fsp3) is 0.227. The molecule has 0 saturated carbocycles. The maximum Gasteiger partial charge on any atom is 0.310 e. The summed E-state index contributed by atoms with van der Waals surface area (Å²) in [7, 11) is 0. The van der Waals surface area contributed by atoms with E-state index in [4.69, 9.17) is 4.74 Å². The quantitative estimate of drug-likeness (QED) is 0.458. The van der Waals surface area contributed by atoms with E-state index in [1.54, 1.807) is 6.07 Å². The molecule has 0 radical (unpaired) electrons.